The summed E-state index contributed by atoms with van der Waals surface area (Å²) in [5.74, 6) is -1.48. The largest absolute Gasteiger partial charge is 0.839 e. The van der Waals surface area contributed by atoms with Gasteiger partial charge < -0.3 is 10.4 Å². The van der Waals surface area contributed by atoms with Gasteiger partial charge in [-0.1, -0.05) is 17.7 Å². The average Bonchev–Trinajstić information content (AvgIpc) is 3.19. The summed E-state index contributed by atoms with van der Waals surface area (Å²) in [7, 11) is 0. The number of nitrogens with zero attached hydrogens (tertiary/aromatic N) is 4. The van der Waals surface area contributed by atoms with E-state index < -0.39 is 17.6 Å². The van der Waals surface area contributed by atoms with E-state index in [1.165, 1.54) is 32.4 Å². The SMILES string of the molecule is O=C(Nc1ccc(F)cn1)c1c([O-])[n+](Cc2cnc(Cl)s2)c2ccccn12. The van der Waals surface area contributed by atoms with Crippen LogP contribution < -0.4 is 15.0 Å². The number of anilines is 1. The van der Waals surface area contributed by atoms with Crippen LogP contribution >= 0.6 is 22.9 Å². The highest BCUT2D eigenvalue weighted by atomic mass is 35.5. The molecule has 10 heteroatoms. The van der Waals surface area contributed by atoms with Gasteiger partial charge >= 0.3 is 0 Å². The van der Waals surface area contributed by atoms with Gasteiger partial charge in [0.2, 0.25) is 5.69 Å². The van der Waals surface area contributed by atoms with Gasteiger partial charge in [0, 0.05) is 12.3 Å². The highest BCUT2D eigenvalue weighted by Gasteiger charge is 2.26. The van der Waals surface area contributed by atoms with Crippen molar-refractivity contribution in [2.24, 2.45) is 0 Å². The van der Waals surface area contributed by atoms with E-state index in [2.05, 4.69) is 15.3 Å². The number of hydrogen-bond acceptors (Lipinski definition) is 5. The molecule has 4 heterocycles. The molecule has 0 aromatic carbocycles. The third-order valence-corrected chi connectivity index (χ3v) is 4.93. The number of hydrogen-bond donors (Lipinski definition) is 1. The van der Waals surface area contributed by atoms with Gasteiger partial charge in [-0.25, -0.2) is 18.9 Å². The van der Waals surface area contributed by atoms with Crippen molar-refractivity contribution < 1.29 is 18.9 Å². The number of rotatable bonds is 4. The van der Waals surface area contributed by atoms with Crippen molar-refractivity contribution in [3.05, 3.63) is 69.8 Å². The summed E-state index contributed by atoms with van der Waals surface area (Å²) in [6.45, 7) is 0.235. The Hall–Kier alpha value is -3.04. The quantitative estimate of drug-likeness (QED) is 0.529. The van der Waals surface area contributed by atoms with Crippen molar-refractivity contribution >= 4 is 40.3 Å². The number of halogens is 2. The van der Waals surface area contributed by atoms with Crippen LogP contribution in [0.1, 0.15) is 15.4 Å². The Morgan fingerprint density at radius 3 is 2.85 bits per heavy atom. The number of amides is 1. The molecule has 4 aromatic heterocycles. The molecule has 0 radical (unpaired) electrons. The molecule has 0 fully saturated rings. The molecule has 7 nitrogen and oxygen atoms in total. The van der Waals surface area contributed by atoms with Gasteiger partial charge in [-0.2, -0.15) is 4.40 Å². The first-order chi connectivity index (χ1) is 13.0. The molecular weight excluding hydrogens is 393 g/mol. The van der Waals surface area contributed by atoms with Gasteiger partial charge in [0.25, 0.3) is 11.6 Å². The third-order valence-electron chi connectivity index (χ3n) is 3.83. The van der Waals surface area contributed by atoms with Crippen LogP contribution in [0.25, 0.3) is 5.65 Å². The highest BCUT2D eigenvalue weighted by molar-refractivity contribution is 7.15. The Kier molecular flexibility index (Phi) is 4.46. The predicted octanol–water partition coefficient (Wildman–Crippen LogP) is 2.24. The summed E-state index contributed by atoms with van der Waals surface area (Å²) in [5, 5.41) is 15.5. The number of nitrogens with one attached hydrogen (secondary N) is 1. The lowest BCUT2D eigenvalue weighted by Gasteiger charge is -2.06. The summed E-state index contributed by atoms with van der Waals surface area (Å²) in [5.41, 5.74) is 0.469. The summed E-state index contributed by atoms with van der Waals surface area (Å²) in [6, 6.07) is 7.71. The molecule has 4 rings (SSSR count). The zero-order chi connectivity index (χ0) is 19.0. The van der Waals surface area contributed by atoms with E-state index in [1.54, 1.807) is 30.6 Å². The average molecular weight is 404 g/mol. The van der Waals surface area contributed by atoms with Crippen LogP contribution in [-0.2, 0) is 6.54 Å². The second-order valence-electron chi connectivity index (χ2n) is 5.56. The summed E-state index contributed by atoms with van der Waals surface area (Å²) in [4.78, 5) is 21.2. The number of imidazole rings is 1. The maximum absolute atomic E-state index is 13.0. The molecular formula is C17H11ClFN5O2S. The molecule has 0 atom stereocenters. The standard InChI is InChI=1S/C17H11ClFN5O2S/c18-17-21-8-11(27-17)9-24-13-3-1-2-6-23(13)14(16(24)26)15(25)22-12-5-4-10(19)7-20-12/h1-8H,9H2,(H-,20,22,25,26). The molecule has 4 aromatic rings. The smallest absolute Gasteiger partial charge is 0.300 e. The third kappa shape index (κ3) is 3.34. The van der Waals surface area contributed by atoms with Gasteiger partial charge in [-0.3, -0.25) is 4.79 Å². The van der Waals surface area contributed by atoms with Crippen molar-refractivity contribution in [2.75, 3.05) is 5.32 Å². The second kappa shape index (κ2) is 6.93. The Bertz CT molecular complexity index is 1140. The molecule has 0 aliphatic heterocycles. The zero-order valence-corrected chi connectivity index (χ0v) is 15.2. The molecule has 0 bridgehead atoms. The van der Waals surface area contributed by atoms with Gasteiger partial charge in [-0.05, 0) is 18.2 Å². The van der Waals surface area contributed by atoms with E-state index in [0.717, 1.165) is 11.1 Å². The maximum Gasteiger partial charge on any atom is 0.300 e. The highest BCUT2D eigenvalue weighted by Crippen LogP contribution is 2.21. The fourth-order valence-electron chi connectivity index (χ4n) is 2.68. The minimum Gasteiger partial charge on any atom is -0.839 e. The van der Waals surface area contributed by atoms with Gasteiger partial charge in [0.05, 0.1) is 17.3 Å². The summed E-state index contributed by atoms with van der Waals surface area (Å²) >= 11 is 7.12. The molecule has 1 amide bonds. The first kappa shape index (κ1) is 17.4. The van der Waals surface area contributed by atoms with Crippen LogP contribution in [0, 0.1) is 5.82 Å². The van der Waals surface area contributed by atoms with Crippen molar-refractivity contribution in [2.45, 2.75) is 6.54 Å². The predicted molar refractivity (Wildman–Crippen MR) is 95.4 cm³/mol. The molecule has 0 saturated carbocycles. The van der Waals surface area contributed by atoms with Crippen molar-refractivity contribution in [3.8, 4) is 5.88 Å². The number of carbonyl (C=O) groups excluding carboxylic acids is 1. The van der Waals surface area contributed by atoms with E-state index in [0.29, 0.717) is 10.1 Å². The monoisotopic (exact) mass is 403 g/mol. The van der Waals surface area contributed by atoms with Crippen LogP contribution in [-0.4, -0.2) is 20.3 Å². The van der Waals surface area contributed by atoms with E-state index in [1.807, 2.05) is 0 Å². The minimum atomic E-state index is -0.638. The first-order valence-corrected chi connectivity index (χ1v) is 8.95. The maximum atomic E-state index is 13.0. The molecule has 0 spiro atoms. The van der Waals surface area contributed by atoms with E-state index in [9.17, 15) is 14.3 Å². The first-order valence-electron chi connectivity index (χ1n) is 7.76. The Labute approximate surface area is 161 Å². The van der Waals surface area contributed by atoms with Crippen LogP contribution in [0.4, 0.5) is 10.2 Å². The van der Waals surface area contributed by atoms with Crippen LogP contribution in [0.3, 0.4) is 0 Å². The Balaban J connectivity index is 1.75. The van der Waals surface area contributed by atoms with Crippen molar-refractivity contribution in [1.29, 1.82) is 0 Å². The summed E-state index contributed by atoms with van der Waals surface area (Å²) < 4.78 is 16.3. The van der Waals surface area contributed by atoms with Crippen LogP contribution in [0.5, 0.6) is 5.88 Å². The Morgan fingerprint density at radius 1 is 1.30 bits per heavy atom. The van der Waals surface area contributed by atoms with Gasteiger partial charge in [-0.15, -0.1) is 11.3 Å². The van der Waals surface area contributed by atoms with Crippen molar-refractivity contribution in [1.82, 2.24) is 14.4 Å². The van der Waals surface area contributed by atoms with E-state index in [-0.39, 0.29) is 18.1 Å². The molecule has 0 saturated heterocycles. The van der Waals surface area contributed by atoms with Gasteiger partial charge in [0.1, 0.15) is 24.1 Å². The van der Waals surface area contributed by atoms with Crippen LogP contribution in [0.15, 0.2) is 48.9 Å². The van der Waals surface area contributed by atoms with Crippen LogP contribution in [0.2, 0.25) is 4.47 Å². The molecule has 0 aliphatic carbocycles. The lowest BCUT2D eigenvalue weighted by Crippen LogP contribution is -2.36. The van der Waals surface area contributed by atoms with E-state index >= 15 is 0 Å². The molecule has 0 aliphatic rings. The topological polar surface area (TPSA) is 86.2 Å². The minimum absolute atomic E-state index is 0.0765. The summed E-state index contributed by atoms with van der Waals surface area (Å²) in [6.07, 6.45) is 4.20. The molecule has 136 valence electrons. The number of carbonyl (C=O) groups is 1. The van der Waals surface area contributed by atoms with E-state index in [4.69, 9.17) is 11.6 Å². The fourth-order valence-corrected chi connectivity index (χ4v) is 3.64. The second-order valence-corrected chi connectivity index (χ2v) is 7.26. The number of aromatic nitrogens is 4. The fraction of sp³-hybridized carbons (Fsp3) is 0.0588. The number of thiazole rings is 1. The lowest BCUT2D eigenvalue weighted by molar-refractivity contribution is -0.704. The van der Waals surface area contributed by atoms with Crippen molar-refractivity contribution in [3.63, 3.8) is 0 Å². The number of pyridine rings is 2. The lowest BCUT2D eigenvalue weighted by atomic mass is 10.3. The molecule has 1 N–H and O–H groups in total. The Morgan fingerprint density at radius 2 is 2.15 bits per heavy atom. The molecule has 27 heavy (non-hydrogen) atoms. The van der Waals surface area contributed by atoms with Gasteiger partial charge in [0.15, 0.2) is 4.47 Å². The number of fused-ring (bicyclic) bond motifs is 1. The normalized spacial score (nSPS) is 11.0. The molecule has 0 unspecified atom stereocenters. The zero-order valence-electron chi connectivity index (χ0n) is 13.6.